The van der Waals surface area contributed by atoms with Crippen molar-refractivity contribution in [1.29, 1.82) is 0 Å². The maximum absolute atomic E-state index is 9.30. The molecule has 0 saturated carbocycles. The summed E-state index contributed by atoms with van der Waals surface area (Å²) in [6.45, 7) is 2.98. The Hall–Kier alpha value is -1.88. The number of phenols is 1. The minimum Gasteiger partial charge on any atom is -0.508 e. The summed E-state index contributed by atoms with van der Waals surface area (Å²) in [5, 5.41) is 17.0. The van der Waals surface area contributed by atoms with Crippen molar-refractivity contribution in [2.75, 3.05) is 6.54 Å². The SMILES string of the molecule is CCC(NCCc1ncn(C)n1)c1ccc(O)cc1. The molecule has 0 bridgehead atoms. The lowest BCUT2D eigenvalue weighted by molar-refractivity contribution is 0.473. The highest BCUT2D eigenvalue weighted by Crippen LogP contribution is 2.19. The lowest BCUT2D eigenvalue weighted by Crippen LogP contribution is -2.23. The Morgan fingerprint density at radius 1 is 1.32 bits per heavy atom. The highest BCUT2D eigenvalue weighted by Gasteiger charge is 2.08. The standard InChI is InChI=1S/C14H20N4O/c1-3-13(11-4-6-12(19)7-5-11)15-9-8-14-16-10-18(2)17-14/h4-7,10,13,15,19H,3,8-9H2,1-2H3. The summed E-state index contributed by atoms with van der Waals surface area (Å²) in [5.74, 6) is 1.16. The van der Waals surface area contributed by atoms with Crippen LogP contribution in [0.25, 0.3) is 0 Å². The van der Waals surface area contributed by atoms with Crippen LogP contribution in [0.3, 0.4) is 0 Å². The van der Waals surface area contributed by atoms with Crippen LogP contribution < -0.4 is 5.32 Å². The molecule has 0 aliphatic rings. The number of aromatic hydroxyl groups is 1. The van der Waals surface area contributed by atoms with Crippen LogP contribution >= 0.6 is 0 Å². The molecule has 0 saturated heterocycles. The van der Waals surface area contributed by atoms with Crippen molar-refractivity contribution >= 4 is 0 Å². The van der Waals surface area contributed by atoms with Crippen LogP contribution in [0.4, 0.5) is 0 Å². The van der Waals surface area contributed by atoms with Gasteiger partial charge in [0.1, 0.15) is 12.1 Å². The zero-order chi connectivity index (χ0) is 13.7. The van der Waals surface area contributed by atoms with Crippen LogP contribution in [0.1, 0.15) is 30.8 Å². The number of nitrogens with one attached hydrogen (secondary N) is 1. The van der Waals surface area contributed by atoms with E-state index in [0.29, 0.717) is 11.8 Å². The van der Waals surface area contributed by atoms with Gasteiger partial charge in [0.2, 0.25) is 0 Å². The molecule has 2 N–H and O–H groups in total. The molecule has 19 heavy (non-hydrogen) atoms. The molecule has 0 fully saturated rings. The van der Waals surface area contributed by atoms with Crippen molar-refractivity contribution in [3.8, 4) is 5.75 Å². The molecule has 2 aromatic rings. The van der Waals surface area contributed by atoms with Crippen LogP contribution in [-0.2, 0) is 13.5 Å². The van der Waals surface area contributed by atoms with Crippen molar-refractivity contribution < 1.29 is 5.11 Å². The fraction of sp³-hybridized carbons (Fsp3) is 0.429. The van der Waals surface area contributed by atoms with E-state index in [4.69, 9.17) is 0 Å². The number of benzene rings is 1. The van der Waals surface area contributed by atoms with E-state index in [1.165, 1.54) is 5.56 Å². The van der Waals surface area contributed by atoms with E-state index in [0.717, 1.165) is 25.2 Å². The van der Waals surface area contributed by atoms with Crippen molar-refractivity contribution in [3.63, 3.8) is 0 Å². The molecular formula is C14H20N4O. The maximum atomic E-state index is 9.30. The molecule has 1 aromatic carbocycles. The Labute approximate surface area is 113 Å². The molecule has 0 spiro atoms. The highest BCUT2D eigenvalue weighted by molar-refractivity contribution is 5.27. The number of hydrogen-bond acceptors (Lipinski definition) is 4. The Morgan fingerprint density at radius 3 is 2.63 bits per heavy atom. The van der Waals surface area contributed by atoms with Crippen LogP contribution in [0, 0.1) is 0 Å². The molecule has 0 amide bonds. The van der Waals surface area contributed by atoms with Gasteiger partial charge in [-0.15, -0.1) is 0 Å². The highest BCUT2D eigenvalue weighted by atomic mass is 16.3. The summed E-state index contributed by atoms with van der Waals surface area (Å²) < 4.78 is 1.71. The topological polar surface area (TPSA) is 63.0 Å². The molecule has 2 rings (SSSR count). The second kappa shape index (κ2) is 6.33. The Morgan fingerprint density at radius 2 is 2.05 bits per heavy atom. The van der Waals surface area contributed by atoms with Gasteiger partial charge in [-0.2, -0.15) is 5.10 Å². The number of rotatable bonds is 6. The first-order chi connectivity index (χ1) is 9.19. The monoisotopic (exact) mass is 260 g/mol. The smallest absolute Gasteiger partial charge is 0.151 e. The average Bonchev–Trinajstić information content (AvgIpc) is 2.82. The molecular weight excluding hydrogens is 240 g/mol. The predicted molar refractivity (Wildman–Crippen MR) is 73.8 cm³/mol. The third-order valence-corrected chi connectivity index (χ3v) is 3.09. The van der Waals surface area contributed by atoms with E-state index in [1.807, 2.05) is 19.2 Å². The molecule has 102 valence electrons. The van der Waals surface area contributed by atoms with E-state index in [9.17, 15) is 5.11 Å². The lowest BCUT2D eigenvalue weighted by atomic mass is 10.0. The van der Waals surface area contributed by atoms with Gasteiger partial charge in [-0.1, -0.05) is 19.1 Å². The molecule has 0 aliphatic carbocycles. The Balaban J connectivity index is 1.87. The van der Waals surface area contributed by atoms with Crippen molar-refractivity contribution in [2.24, 2.45) is 7.05 Å². The second-order valence-corrected chi connectivity index (χ2v) is 4.59. The van der Waals surface area contributed by atoms with E-state index < -0.39 is 0 Å². The molecule has 1 atom stereocenters. The van der Waals surface area contributed by atoms with Gasteiger partial charge in [0.25, 0.3) is 0 Å². The van der Waals surface area contributed by atoms with Crippen molar-refractivity contribution in [1.82, 2.24) is 20.1 Å². The first-order valence-electron chi connectivity index (χ1n) is 6.56. The van der Waals surface area contributed by atoms with E-state index in [1.54, 1.807) is 23.1 Å². The Bertz CT molecular complexity index is 506. The van der Waals surface area contributed by atoms with E-state index in [-0.39, 0.29) is 0 Å². The van der Waals surface area contributed by atoms with Gasteiger partial charge in [0.15, 0.2) is 5.82 Å². The van der Waals surface area contributed by atoms with Gasteiger partial charge in [0, 0.05) is 26.1 Å². The largest absolute Gasteiger partial charge is 0.508 e. The molecule has 0 aliphatic heterocycles. The molecule has 1 aromatic heterocycles. The summed E-state index contributed by atoms with van der Waals surface area (Å²) >= 11 is 0. The zero-order valence-electron chi connectivity index (χ0n) is 11.4. The van der Waals surface area contributed by atoms with Crippen LogP contribution in [0.15, 0.2) is 30.6 Å². The average molecular weight is 260 g/mol. The number of nitrogens with zero attached hydrogens (tertiary/aromatic N) is 3. The van der Waals surface area contributed by atoms with E-state index >= 15 is 0 Å². The van der Waals surface area contributed by atoms with Crippen LogP contribution in [-0.4, -0.2) is 26.4 Å². The summed E-state index contributed by atoms with van der Waals surface area (Å²) in [6, 6.07) is 7.65. The number of aryl methyl sites for hydroxylation is 1. The third-order valence-electron chi connectivity index (χ3n) is 3.09. The normalized spacial score (nSPS) is 12.5. The fourth-order valence-electron chi connectivity index (χ4n) is 2.06. The van der Waals surface area contributed by atoms with Gasteiger partial charge < -0.3 is 10.4 Å². The second-order valence-electron chi connectivity index (χ2n) is 4.59. The minimum absolute atomic E-state index is 0.296. The molecule has 5 nitrogen and oxygen atoms in total. The molecule has 1 unspecified atom stereocenters. The molecule has 5 heteroatoms. The summed E-state index contributed by atoms with van der Waals surface area (Å²) in [5.41, 5.74) is 1.19. The molecule has 1 heterocycles. The number of phenolic OH excluding ortho intramolecular Hbond substituents is 1. The summed E-state index contributed by atoms with van der Waals surface area (Å²) in [7, 11) is 1.87. The van der Waals surface area contributed by atoms with Crippen molar-refractivity contribution in [2.45, 2.75) is 25.8 Å². The van der Waals surface area contributed by atoms with Crippen LogP contribution in [0.2, 0.25) is 0 Å². The number of hydrogen-bond donors (Lipinski definition) is 2. The van der Waals surface area contributed by atoms with Crippen molar-refractivity contribution in [3.05, 3.63) is 42.0 Å². The fourth-order valence-corrected chi connectivity index (χ4v) is 2.06. The van der Waals surface area contributed by atoms with Gasteiger partial charge >= 0.3 is 0 Å². The third kappa shape index (κ3) is 3.79. The van der Waals surface area contributed by atoms with Gasteiger partial charge in [-0.05, 0) is 24.1 Å². The van der Waals surface area contributed by atoms with Crippen LogP contribution in [0.5, 0.6) is 5.75 Å². The first-order valence-corrected chi connectivity index (χ1v) is 6.56. The lowest BCUT2D eigenvalue weighted by Gasteiger charge is -2.17. The summed E-state index contributed by atoms with van der Waals surface area (Å²) in [6.07, 6.45) is 3.53. The summed E-state index contributed by atoms with van der Waals surface area (Å²) in [4.78, 5) is 4.20. The van der Waals surface area contributed by atoms with Gasteiger partial charge in [-0.25, -0.2) is 4.98 Å². The van der Waals surface area contributed by atoms with Gasteiger partial charge in [0.05, 0.1) is 0 Å². The van der Waals surface area contributed by atoms with E-state index in [2.05, 4.69) is 22.3 Å². The Kier molecular flexibility index (Phi) is 4.52. The zero-order valence-corrected chi connectivity index (χ0v) is 11.4. The van der Waals surface area contributed by atoms with Gasteiger partial charge in [-0.3, -0.25) is 4.68 Å². The quantitative estimate of drug-likeness (QED) is 0.831. The maximum Gasteiger partial charge on any atom is 0.151 e. The molecule has 0 radical (unpaired) electrons. The number of aromatic nitrogens is 3. The predicted octanol–water partition coefficient (Wildman–Crippen LogP) is 1.80. The first kappa shape index (κ1) is 13.5. The minimum atomic E-state index is 0.296.